The molecule has 1 aliphatic rings. The van der Waals surface area contributed by atoms with E-state index in [1.165, 1.54) is 10.8 Å². The second-order valence-corrected chi connectivity index (χ2v) is 11.7. The molecule has 0 radical (unpaired) electrons. The van der Waals surface area contributed by atoms with E-state index in [2.05, 4.69) is 82.5 Å². The molecule has 1 fully saturated rings. The lowest BCUT2D eigenvalue weighted by molar-refractivity contribution is -0.118. The number of para-hydroxylation sites is 1. The van der Waals surface area contributed by atoms with Gasteiger partial charge in [0.25, 0.3) is 5.91 Å². The van der Waals surface area contributed by atoms with Crippen molar-refractivity contribution in [1.29, 1.82) is 0 Å². The Morgan fingerprint density at radius 2 is 1.63 bits per heavy atom. The van der Waals surface area contributed by atoms with Gasteiger partial charge in [0.1, 0.15) is 5.75 Å². The van der Waals surface area contributed by atoms with E-state index in [0.29, 0.717) is 16.5 Å². The van der Waals surface area contributed by atoms with Crippen LogP contribution in [0.3, 0.4) is 0 Å². The number of ether oxygens (including phenoxy) is 1. The van der Waals surface area contributed by atoms with Crippen LogP contribution >= 0.6 is 12.2 Å². The Kier molecular flexibility index (Phi) is 7.95. The van der Waals surface area contributed by atoms with Crippen LogP contribution in [-0.2, 0) is 4.79 Å². The molecule has 4 aromatic carbocycles. The summed E-state index contributed by atoms with van der Waals surface area (Å²) in [7, 11) is 0. The van der Waals surface area contributed by atoms with Crippen LogP contribution in [-0.4, -0.2) is 27.2 Å². The van der Waals surface area contributed by atoms with Crippen molar-refractivity contribution in [3.05, 3.63) is 150 Å². The Balaban J connectivity index is 1.22. The fourth-order valence-corrected chi connectivity index (χ4v) is 6.72. The summed E-state index contributed by atoms with van der Waals surface area (Å²) in [6, 6.07) is 39.8. The number of nitrogens with zero attached hydrogens (tertiary/aromatic N) is 3. The van der Waals surface area contributed by atoms with Crippen molar-refractivity contribution >= 4 is 45.4 Å². The van der Waals surface area contributed by atoms with Gasteiger partial charge < -0.3 is 24.8 Å². The lowest BCUT2D eigenvalue weighted by Crippen LogP contribution is -2.29. The Hall–Kier alpha value is -5.47. The van der Waals surface area contributed by atoms with Gasteiger partial charge in [0.2, 0.25) is 0 Å². The van der Waals surface area contributed by atoms with E-state index < -0.39 is 0 Å². The summed E-state index contributed by atoms with van der Waals surface area (Å²) in [5, 5.41) is 9.51. The minimum atomic E-state index is -0.232. The average molecular weight is 624 g/mol. The van der Waals surface area contributed by atoms with Crippen molar-refractivity contribution in [1.82, 2.24) is 14.9 Å². The van der Waals surface area contributed by atoms with Gasteiger partial charge in [-0.1, -0.05) is 60.7 Å². The predicted octanol–water partition coefficient (Wildman–Crippen LogP) is 7.84. The molecule has 0 spiro atoms. The Morgan fingerprint density at radius 1 is 0.891 bits per heavy atom. The molecule has 1 saturated heterocycles. The molecular weight excluding hydrogens is 591 g/mol. The molecule has 8 heteroatoms. The third-order valence-corrected chi connectivity index (χ3v) is 8.75. The molecule has 7 rings (SSSR count). The van der Waals surface area contributed by atoms with Crippen molar-refractivity contribution in [2.45, 2.75) is 25.9 Å². The van der Waals surface area contributed by atoms with Gasteiger partial charge in [-0.05, 0) is 97.7 Å². The highest BCUT2D eigenvalue weighted by atomic mass is 32.1. The van der Waals surface area contributed by atoms with Gasteiger partial charge in [0.05, 0.1) is 23.5 Å². The van der Waals surface area contributed by atoms with Gasteiger partial charge in [-0.2, -0.15) is 0 Å². The number of benzene rings is 4. The van der Waals surface area contributed by atoms with E-state index in [9.17, 15) is 4.79 Å². The van der Waals surface area contributed by atoms with Crippen molar-refractivity contribution in [3.8, 4) is 11.4 Å². The van der Waals surface area contributed by atoms with Gasteiger partial charge in [0.15, 0.2) is 11.7 Å². The molecule has 0 saturated carbocycles. The Morgan fingerprint density at radius 3 is 2.41 bits per heavy atom. The van der Waals surface area contributed by atoms with Gasteiger partial charge in [-0.25, -0.2) is 0 Å². The maximum absolute atomic E-state index is 12.6. The standard InChI is InChI=1S/C38H33N5O2S/c1-25-23-32(26(2)42(25)34-17-10-12-27-11-6-7-15-31(27)34)37-36(33-16-8-9-22-39-33)41-38(46)43(37)29-20-18-28(19-21-29)40-35(44)24-45-30-13-4-3-5-14-30/h3-23,36-37H,24H2,1-2H3,(H,40,44)(H,41,46)/t36-,37+/m1/s1. The van der Waals surface area contributed by atoms with Crippen LogP contribution < -0.4 is 20.3 Å². The summed E-state index contributed by atoms with van der Waals surface area (Å²) in [5.74, 6) is 0.417. The molecule has 0 aliphatic carbocycles. The molecule has 228 valence electrons. The zero-order valence-corrected chi connectivity index (χ0v) is 26.4. The molecule has 2 aromatic heterocycles. The second-order valence-electron chi connectivity index (χ2n) is 11.4. The van der Waals surface area contributed by atoms with E-state index >= 15 is 0 Å². The Labute approximate surface area is 273 Å². The number of rotatable bonds is 8. The normalized spacial score (nSPS) is 16.0. The molecule has 6 aromatic rings. The van der Waals surface area contributed by atoms with Crippen LogP contribution in [0.4, 0.5) is 11.4 Å². The number of pyridine rings is 1. The van der Waals surface area contributed by atoms with Gasteiger partial charge in [-0.3, -0.25) is 9.78 Å². The van der Waals surface area contributed by atoms with Gasteiger partial charge >= 0.3 is 0 Å². The lowest BCUT2D eigenvalue weighted by Gasteiger charge is -2.28. The number of fused-ring (bicyclic) bond motifs is 1. The van der Waals surface area contributed by atoms with Gasteiger partial charge in [0, 0.05) is 34.3 Å². The number of hydrogen-bond donors (Lipinski definition) is 2. The topological polar surface area (TPSA) is 71.4 Å². The number of carbonyl (C=O) groups excluding carboxylic acids is 1. The number of carbonyl (C=O) groups is 1. The van der Waals surface area contributed by atoms with E-state index in [1.54, 1.807) is 0 Å². The highest BCUT2D eigenvalue weighted by Gasteiger charge is 2.42. The fourth-order valence-electron chi connectivity index (χ4n) is 6.38. The maximum Gasteiger partial charge on any atom is 0.262 e. The summed E-state index contributed by atoms with van der Waals surface area (Å²) in [6.07, 6.45) is 1.82. The Bertz CT molecular complexity index is 2020. The second kappa shape index (κ2) is 12.5. The van der Waals surface area contributed by atoms with Crippen LogP contribution in [0.15, 0.2) is 128 Å². The monoisotopic (exact) mass is 623 g/mol. The SMILES string of the molecule is Cc1cc([C@H]2[C@@H](c3ccccn3)NC(=S)N2c2ccc(NC(=O)COc3ccccc3)cc2)c(C)n1-c1cccc2ccccc12. The predicted molar refractivity (Wildman–Crippen MR) is 188 cm³/mol. The molecule has 7 nitrogen and oxygen atoms in total. The molecule has 1 aliphatic heterocycles. The quantitative estimate of drug-likeness (QED) is 0.168. The van der Waals surface area contributed by atoms with Crippen molar-refractivity contribution in [3.63, 3.8) is 0 Å². The molecule has 1 amide bonds. The van der Waals surface area contributed by atoms with Crippen LogP contribution in [0.25, 0.3) is 16.5 Å². The number of anilines is 2. The first kappa shape index (κ1) is 29.3. The van der Waals surface area contributed by atoms with Crippen LogP contribution in [0.1, 0.15) is 34.7 Å². The molecule has 0 bridgehead atoms. The largest absolute Gasteiger partial charge is 0.484 e. The molecule has 3 heterocycles. The summed E-state index contributed by atoms with van der Waals surface area (Å²) in [5.41, 5.74) is 7.07. The number of amides is 1. The summed E-state index contributed by atoms with van der Waals surface area (Å²) in [4.78, 5) is 19.5. The van der Waals surface area contributed by atoms with Crippen LogP contribution in [0.2, 0.25) is 0 Å². The third kappa shape index (κ3) is 5.59. The minimum Gasteiger partial charge on any atom is -0.484 e. The van der Waals surface area contributed by atoms with Crippen LogP contribution in [0.5, 0.6) is 5.75 Å². The van der Waals surface area contributed by atoms with E-state index in [1.807, 2.05) is 79.0 Å². The molecule has 0 unspecified atom stereocenters. The first-order valence-corrected chi connectivity index (χ1v) is 15.6. The summed E-state index contributed by atoms with van der Waals surface area (Å²) < 4.78 is 7.94. The fraction of sp³-hybridized carbons (Fsp3) is 0.132. The first-order chi connectivity index (χ1) is 22.5. The minimum absolute atomic E-state index is 0.0773. The first-order valence-electron chi connectivity index (χ1n) is 15.2. The third-order valence-electron chi connectivity index (χ3n) is 8.44. The zero-order valence-electron chi connectivity index (χ0n) is 25.6. The van der Waals surface area contributed by atoms with E-state index in [4.69, 9.17) is 21.9 Å². The van der Waals surface area contributed by atoms with E-state index in [0.717, 1.165) is 34.0 Å². The molecular formula is C38H33N5O2S. The number of thiocarbonyl (C=S) groups is 1. The lowest BCUT2D eigenvalue weighted by atomic mass is 9.96. The van der Waals surface area contributed by atoms with Crippen molar-refractivity contribution in [2.24, 2.45) is 0 Å². The smallest absolute Gasteiger partial charge is 0.262 e. The number of nitrogens with one attached hydrogen (secondary N) is 2. The number of aromatic nitrogens is 2. The molecule has 46 heavy (non-hydrogen) atoms. The maximum atomic E-state index is 12.6. The van der Waals surface area contributed by atoms with Gasteiger partial charge in [-0.15, -0.1) is 0 Å². The number of aryl methyl sites for hydroxylation is 1. The summed E-state index contributed by atoms with van der Waals surface area (Å²) >= 11 is 5.99. The number of hydrogen-bond acceptors (Lipinski definition) is 4. The zero-order chi connectivity index (χ0) is 31.6. The van der Waals surface area contributed by atoms with Crippen molar-refractivity contribution in [2.75, 3.05) is 16.8 Å². The van der Waals surface area contributed by atoms with E-state index in [-0.39, 0.29) is 24.6 Å². The highest BCUT2D eigenvalue weighted by Crippen LogP contribution is 2.44. The average Bonchev–Trinajstić information content (AvgIpc) is 3.59. The van der Waals surface area contributed by atoms with Crippen molar-refractivity contribution < 1.29 is 9.53 Å². The highest BCUT2D eigenvalue weighted by molar-refractivity contribution is 7.80. The molecule has 2 atom stereocenters. The molecule has 2 N–H and O–H groups in total. The summed E-state index contributed by atoms with van der Waals surface area (Å²) in [6.45, 7) is 4.25. The van der Waals surface area contributed by atoms with Crippen LogP contribution in [0, 0.1) is 13.8 Å².